The Bertz CT molecular complexity index is 898. The van der Waals surface area contributed by atoms with Crippen LogP contribution in [0.15, 0.2) is 48.5 Å². The smallest absolute Gasteiger partial charge is 0.214 e. The Morgan fingerprint density at radius 2 is 1.65 bits per heavy atom. The van der Waals surface area contributed by atoms with Crippen molar-refractivity contribution in [3.05, 3.63) is 59.7 Å². The fraction of sp³-hybridized carbons (Fsp3) is 0.350. The van der Waals surface area contributed by atoms with Crippen LogP contribution in [-0.2, 0) is 14.8 Å². The van der Waals surface area contributed by atoms with Crippen molar-refractivity contribution in [2.45, 2.75) is 37.7 Å². The maximum absolute atomic E-state index is 12.2. The van der Waals surface area contributed by atoms with E-state index in [1.54, 1.807) is 26.0 Å². The number of nitrogens with one attached hydrogen (secondary N) is 1. The molecule has 5 nitrogen and oxygen atoms in total. The molecule has 0 radical (unpaired) electrons. The summed E-state index contributed by atoms with van der Waals surface area (Å²) in [5.41, 5.74) is 3.65. The first-order valence-corrected chi connectivity index (χ1v) is 10.2. The summed E-state index contributed by atoms with van der Waals surface area (Å²) in [6, 6.07) is 17.2. The lowest BCUT2D eigenvalue weighted by Gasteiger charge is -2.21. The first kappa shape index (κ1) is 18.6. The van der Waals surface area contributed by atoms with Gasteiger partial charge in [0.15, 0.2) is 0 Å². The Balaban J connectivity index is 1.78. The molecule has 1 saturated heterocycles. The third-order valence-corrected chi connectivity index (χ3v) is 6.49. The molecule has 26 heavy (non-hydrogen) atoms. The summed E-state index contributed by atoms with van der Waals surface area (Å²) in [5, 5.41) is 8.41. The highest BCUT2D eigenvalue weighted by molar-refractivity contribution is 7.90. The lowest BCUT2D eigenvalue weighted by atomic mass is 9.98. The zero-order valence-electron chi connectivity index (χ0n) is 14.8. The Kier molecular flexibility index (Phi) is 5.42. The van der Waals surface area contributed by atoms with Gasteiger partial charge in [-0.15, -0.1) is 0 Å². The summed E-state index contributed by atoms with van der Waals surface area (Å²) in [4.78, 5) is 0. The molecule has 3 rings (SSSR count). The van der Waals surface area contributed by atoms with E-state index in [1.807, 2.05) is 36.4 Å². The van der Waals surface area contributed by atoms with Crippen molar-refractivity contribution in [1.82, 2.24) is 4.72 Å². The molecular formula is C20H22N2O3S. The van der Waals surface area contributed by atoms with E-state index in [4.69, 9.17) is 10.00 Å². The van der Waals surface area contributed by atoms with Gasteiger partial charge in [-0.2, -0.15) is 5.26 Å². The number of hydrogen-bond acceptors (Lipinski definition) is 4. The summed E-state index contributed by atoms with van der Waals surface area (Å²) in [7, 11) is -3.34. The first-order chi connectivity index (χ1) is 12.4. The SMILES string of the molecule is CC(C)S(=O)(=O)N[C@@H]1CCO[C@@H]1c1ccc(-c2ccc(C#N)cc2)cc1. The topological polar surface area (TPSA) is 79.2 Å². The fourth-order valence-electron chi connectivity index (χ4n) is 2.99. The van der Waals surface area contributed by atoms with Crippen molar-refractivity contribution in [2.24, 2.45) is 0 Å². The van der Waals surface area contributed by atoms with E-state index in [0.29, 0.717) is 18.6 Å². The molecule has 1 fully saturated rings. The molecule has 2 aromatic rings. The molecule has 0 aliphatic carbocycles. The second-order valence-corrected chi connectivity index (χ2v) is 8.98. The molecule has 1 N–H and O–H groups in total. The standard InChI is InChI=1S/C20H22N2O3S/c1-14(2)26(23,24)22-19-11-12-25-20(19)18-9-7-17(8-10-18)16-5-3-15(13-21)4-6-16/h3-10,14,19-20,22H,11-12H2,1-2H3/t19-,20-/m1/s1. The molecule has 1 aliphatic heterocycles. The molecule has 2 atom stereocenters. The summed E-state index contributed by atoms with van der Waals surface area (Å²) >= 11 is 0. The van der Waals surface area contributed by atoms with Gasteiger partial charge in [-0.3, -0.25) is 0 Å². The van der Waals surface area contributed by atoms with E-state index in [2.05, 4.69) is 10.8 Å². The van der Waals surface area contributed by atoms with Gasteiger partial charge in [0.25, 0.3) is 0 Å². The Morgan fingerprint density at radius 1 is 1.08 bits per heavy atom. The van der Waals surface area contributed by atoms with E-state index in [0.717, 1.165) is 16.7 Å². The van der Waals surface area contributed by atoms with Crippen LogP contribution < -0.4 is 4.72 Å². The van der Waals surface area contributed by atoms with Crippen LogP contribution in [0.3, 0.4) is 0 Å². The quantitative estimate of drug-likeness (QED) is 0.875. The molecule has 2 aromatic carbocycles. The van der Waals surface area contributed by atoms with Crippen LogP contribution >= 0.6 is 0 Å². The van der Waals surface area contributed by atoms with Gasteiger partial charge in [0, 0.05) is 6.61 Å². The lowest BCUT2D eigenvalue weighted by Crippen LogP contribution is -2.40. The van der Waals surface area contributed by atoms with E-state index in [-0.39, 0.29) is 12.1 Å². The van der Waals surface area contributed by atoms with Crippen LogP contribution in [0.2, 0.25) is 0 Å². The molecular weight excluding hydrogens is 348 g/mol. The average molecular weight is 370 g/mol. The van der Waals surface area contributed by atoms with Gasteiger partial charge in [0.1, 0.15) is 0 Å². The first-order valence-electron chi connectivity index (χ1n) is 8.64. The zero-order chi connectivity index (χ0) is 18.7. The van der Waals surface area contributed by atoms with Gasteiger partial charge in [-0.25, -0.2) is 13.1 Å². The number of sulfonamides is 1. The predicted molar refractivity (Wildman–Crippen MR) is 101 cm³/mol. The van der Waals surface area contributed by atoms with E-state index in [9.17, 15) is 8.42 Å². The number of nitrogens with zero attached hydrogens (tertiary/aromatic N) is 1. The maximum Gasteiger partial charge on any atom is 0.214 e. The van der Waals surface area contributed by atoms with Gasteiger partial charge in [-0.05, 0) is 49.1 Å². The Hall–Kier alpha value is -2.20. The Labute approximate surface area is 154 Å². The van der Waals surface area contributed by atoms with Crippen LogP contribution in [0.1, 0.15) is 37.5 Å². The van der Waals surface area contributed by atoms with E-state index < -0.39 is 15.3 Å². The maximum atomic E-state index is 12.2. The van der Waals surface area contributed by atoms with Crippen molar-refractivity contribution < 1.29 is 13.2 Å². The zero-order valence-corrected chi connectivity index (χ0v) is 15.7. The molecule has 0 spiro atoms. The molecule has 0 unspecified atom stereocenters. The largest absolute Gasteiger partial charge is 0.372 e. The van der Waals surface area contributed by atoms with Gasteiger partial charge in [-0.1, -0.05) is 36.4 Å². The lowest BCUT2D eigenvalue weighted by molar-refractivity contribution is 0.102. The minimum absolute atomic E-state index is 0.247. The number of rotatable bonds is 5. The summed E-state index contributed by atoms with van der Waals surface area (Å²) in [6.07, 6.45) is 0.382. The number of benzene rings is 2. The highest BCUT2D eigenvalue weighted by Crippen LogP contribution is 2.31. The molecule has 1 aliphatic rings. The highest BCUT2D eigenvalue weighted by Gasteiger charge is 2.33. The summed E-state index contributed by atoms with van der Waals surface area (Å²) in [5.74, 6) is 0. The van der Waals surface area contributed by atoms with Crippen molar-refractivity contribution in [2.75, 3.05) is 6.61 Å². The second kappa shape index (κ2) is 7.58. The van der Waals surface area contributed by atoms with Crippen molar-refractivity contribution in [3.8, 4) is 17.2 Å². The third-order valence-electron chi connectivity index (χ3n) is 4.61. The summed E-state index contributed by atoms with van der Waals surface area (Å²) in [6.45, 7) is 3.87. The molecule has 1 heterocycles. The van der Waals surface area contributed by atoms with E-state index >= 15 is 0 Å². The van der Waals surface area contributed by atoms with Crippen molar-refractivity contribution in [1.29, 1.82) is 5.26 Å². The van der Waals surface area contributed by atoms with Crippen LogP contribution in [0.25, 0.3) is 11.1 Å². The minimum Gasteiger partial charge on any atom is -0.372 e. The highest BCUT2D eigenvalue weighted by atomic mass is 32.2. The number of nitriles is 1. The molecule has 6 heteroatoms. The van der Waals surface area contributed by atoms with Crippen molar-refractivity contribution >= 4 is 10.0 Å². The van der Waals surface area contributed by atoms with Crippen molar-refractivity contribution in [3.63, 3.8) is 0 Å². The molecule has 0 amide bonds. The number of ether oxygens (including phenoxy) is 1. The summed E-state index contributed by atoms with van der Waals surface area (Å²) < 4.78 is 32.9. The van der Waals surface area contributed by atoms with Crippen LogP contribution in [0.5, 0.6) is 0 Å². The normalized spacial score (nSPS) is 20.2. The molecule has 0 aromatic heterocycles. The van der Waals surface area contributed by atoms with Gasteiger partial charge in [0.2, 0.25) is 10.0 Å². The molecule has 0 saturated carbocycles. The van der Waals surface area contributed by atoms with Crippen LogP contribution in [0.4, 0.5) is 0 Å². The van der Waals surface area contributed by atoms with Gasteiger partial charge in [0.05, 0.1) is 29.0 Å². The monoisotopic (exact) mass is 370 g/mol. The number of hydrogen-bond donors (Lipinski definition) is 1. The Morgan fingerprint density at radius 3 is 2.19 bits per heavy atom. The van der Waals surface area contributed by atoms with Crippen LogP contribution in [0, 0.1) is 11.3 Å². The van der Waals surface area contributed by atoms with Gasteiger partial charge < -0.3 is 4.74 Å². The average Bonchev–Trinajstić information content (AvgIpc) is 3.09. The predicted octanol–water partition coefficient (Wildman–Crippen LogP) is 3.38. The second-order valence-electron chi connectivity index (χ2n) is 6.71. The third kappa shape index (κ3) is 3.96. The van der Waals surface area contributed by atoms with Gasteiger partial charge >= 0.3 is 0 Å². The minimum atomic E-state index is -3.34. The van der Waals surface area contributed by atoms with Crippen LogP contribution in [-0.4, -0.2) is 26.3 Å². The molecule has 136 valence electrons. The fourth-order valence-corrected chi connectivity index (χ4v) is 3.92. The van der Waals surface area contributed by atoms with E-state index in [1.165, 1.54) is 0 Å². The molecule has 0 bridgehead atoms.